The zero-order valence-electron chi connectivity index (χ0n) is 14.3. The van der Waals surface area contributed by atoms with E-state index in [9.17, 15) is 22.8 Å². The van der Waals surface area contributed by atoms with Crippen molar-refractivity contribution < 1.29 is 22.7 Å². The highest BCUT2D eigenvalue weighted by molar-refractivity contribution is 6.30. The number of hydrogen-bond acceptors (Lipinski definition) is 3. The highest BCUT2D eigenvalue weighted by Gasteiger charge is 2.32. The van der Waals surface area contributed by atoms with Crippen molar-refractivity contribution in [1.29, 1.82) is 0 Å². The van der Waals surface area contributed by atoms with E-state index in [2.05, 4.69) is 5.32 Å². The van der Waals surface area contributed by atoms with Gasteiger partial charge < -0.3 is 14.6 Å². The van der Waals surface area contributed by atoms with E-state index in [0.29, 0.717) is 36.4 Å². The average Bonchev–Trinajstić information content (AvgIpc) is 2.58. The van der Waals surface area contributed by atoms with E-state index in [0.717, 1.165) is 12.8 Å². The zero-order valence-corrected chi connectivity index (χ0v) is 15.0. The van der Waals surface area contributed by atoms with Crippen LogP contribution in [0.4, 0.5) is 13.2 Å². The molecule has 0 bridgehead atoms. The standard InChI is InChI=1S/C17H22ClF3N2O3/c18-14-9-12(17(19,20)21)10-23(16(14)25)11-15(24)22-7-4-8-26-13-5-2-1-3-6-13/h9-10,13H,1-8,11H2,(H,22,24). The molecule has 5 nitrogen and oxygen atoms in total. The Hall–Kier alpha value is -1.54. The van der Waals surface area contributed by atoms with Gasteiger partial charge in [-0.15, -0.1) is 0 Å². The van der Waals surface area contributed by atoms with Crippen LogP contribution in [0.1, 0.15) is 44.1 Å². The van der Waals surface area contributed by atoms with Crippen LogP contribution in [0.2, 0.25) is 5.02 Å². The monoisotopic (exact) mass is 394 g/mol. The molecule has 0 aliphatic heterocycles. The van der Waals surface area contributed by atoms with Crippen molar-refractivity contribution in [2.45, 2.75) is 57.3 Å². The van der Waals surface area contributed by atoms with Crippen LogP contribution < -0.4 is 10.9 Å². The first-order valence-electron chi connectivity index (χ1n) is 8.63. The van der Waals surface area contributed by atoms with Gasteiger partial charge in [-0.2, -0.15) is 13.2 Å². The van der Waals surface area contributed by atoms with Crippen molar-refractivity contribution in [3.63, 3.8) is 0 Å². The summed E-state index contributed by atoms with van der Waals surface area (Å²) >= 11 is 5.55. The average molecular weight is 395 g/mol. The van der Waals surface area contributed by atoms with Crippen molar-refractivity contribution in [2.75, 3.05) is 13.2 Å². The van der Waals surface area contributed by atoms with E-state index in [1.54, 1.807) is 0 Å². The fourth-order valence-electron chi connectivity index (χ4n) is 2.86. The fraction of sp³-hybridized carbons (Fsp3) is 0.647. The highest BCUT2D eigenvalue weighted by atomic mass is 35.5. The van der Waals surface area contributed by atoms with Crippen LogP contribution in [0, 0.1) is 0 Å². The number of halogens is 4. The molecule has 9 heteroatoms. The molecule has 0 aromatic carbocycles. The van der Waals surface area contributed by atoms with Crippen LogP contribution in [-0.2, 0) is 22.3 Å². The third-order valence-corrected chi connectivity index (χ3v) is 4.50. The SMILES string of the molecule is O=C(Cn1cc(C(F)(F)F)cc(Cl)c1=O)NCCCOC1CCCCC1. The van der Waals surface area contributed by atoms with Gasteiger partial charge in [0.1, 0.15) is 11.6 Å². The summed E-state index contributed by atoms with van der Waals surface area (Å²) in [5.74, 6) is -0.555. The Morgan fingerprint density at radius 1 is 1.31 bits per heavy atom. The lowest BCUT2D eigenvalue weighted by Crippen LogP contribution is -2.34. The first-order chi connectivity index (χ1) is 12.3. The van der Waals surface area contributed by atoms with Crippen LogP contribution in [0.5, 0.6) is 0 Å². The molecular formula is C17H22ClF3N2O3. The summed E-state index contributed by atoms with van der Waals surface area (Å²) in [4.78, 5) is 23.7. The van der Waals surface area contributed by atoms with Crippen LogP contribution >= 0.6 is 11.6 Å². The van der Waals surface area contributed by atoms with Gasteiger partial charge in [-0.1, -0.05) is 30.9 Å². The molecule has 0 radical (unpaired) electrons. The van der Waals surface area contributed by atoms with Gasteiger partial charge in [-0.05, 0) is 25.3 Å². The number of aromatic nitrogens is 1. The van der Waals surface area contributed by atoms with E-state index in [1.807, 2.05) is 0 Å². The minimum absolute atomic E-state index is 0.283. The molecule has 1 fully saturated rings. The topological polar surface area (TPSA) is 60.3 Å². The first kappa shape index (κ1) is 20.8. The predicted octanol–water partition coefficient (Wildman–Crippen LogP) is 3.38. The summed E-state index contributed by atoms with van der Waals surface area (Å²) in [6, 6.07) is 0.556. The maximum Gasteiger partial charge on any atom is 0.417 e. The fourth-order valence-corrected chi connectivity index (χ4v) is 3.09. The predicted molar refractivity (Wildman–Crippen MR) is 91.2 cm³/mol. The quantitative estimate of drug-likeness (QED) is 0.721. The van der Waals surface area contributed by atoms with E-state index in [-0.39, 0.29) is 6.10 Å². The maximum atomic E-state index is 12.8. The molecule has 0 saturated heterocycles. The molecule has 2 rings (SSSR count). The van der Waals surface area contributed by atoms with Crippen molar-refractivity contribution >= 4 is 17.5 Å². The number of hydrogen-bond donors (Lipinski definition) is 1. The molecule has 1 aromatic rings. The van der Waals surface area contributed by atoms with E-state index >= 15 is 0 Å². The second kappa shape index (κ2) is 9.41. The summed E-state index contributed by atoms with van der Waals surface area (Å²) in [7, 11) is 0. The summed E-state index contributed by atoms with van der Waals surface area (Å²) < 4.78 is 44.7. The molecule has 26 heavy (non-hydrogen) atoms. The molecule has 0 unspecified atom stereocenters. The molecule has 1 aromatic heterocycles. The number of carbonyl (C=O) groups is 1. The number of carbonyl (C=O) groups excluding carboxylic acids is 1. The van der Waals surface area contributed by atoms with Crippen LogP contribution in [0.25, 0.3) is 0 Å². The smallest absolute Gasteiger partial charge is 0.378 e. The summed E-state index contributed by atoms with van der Waals surface area (Å²) in [5.41, 5.74) is -1.91. The minimum atomic E-state index is -4.65. The number of nitrogens with zero attached hydrogens (tertiary/aromatic N) is 1. The van der Waals surface area contributed by atoms with E-state index in [1.165, 1.54) is 19.3 Å². The Morgan fingerprint density at radius 3 is 2.65 bits per heavy atom. The molecule has 0 atom stereocenters. The number of rotatable bonds is 7. The van der Waals surface area contributed by atoms with Gasteiger partial charge in [0.2, 0.25) is 5.91 Å². The second-order valence-electron chi connectivity index (χ2n) is 6.34. The summed E-state index contributed by atoms with van der Waals surface area (Å²) in [6.07, 6.45) is 2.55. The number of nitrogens with one attached hydrogen (secondary N) is 1. The van der Waals surface area contributed by atoms with Gasteiger partial charge in [0.05, 0.1) is 11.7 Å². The van der Waals surface area contributed by atoms with Crippen LogP contribution in [0.3, 0.4) is 0 Å². The molecule has 1 aliphatic rings. The molecule has 1 aliphatic carbocycles. The van der Waals surface area contributed by atoms with E-state index < -0.39 is 34.8 Å². The highest BCUT2D eigenvalue weighted by Crippen LogP contribution is 2.29. The Morgan fingerprint density at radius 2 is 2.00 bits per heavy atom. The summed E-state index contributed by atoms with van der Waals surface area (Å²) in [5, 5.41) is 2.00. The van der Waals surface area contributed by atoms with Crippen molar-refractivity contribution in [3.05, 3.63) is 33.2 Å². The third kappa shape index (κ3) is 6.32. The Kier molecular flexibility index (Phi) is 7.52. The number of alkyl halides is 3. The molecule has 1 heterocycles. The maximum absolute atomic E-state index is 12.8. The van der Waals surface area contributed by atoms with E-state index in [4.69, 9.17) is 16.3 Å². The van der Waals surface area contributed by atoms with Gasteiger partial charge in [0, 0.05) is 19.3 Å². The van der Waals surface area contributed by atoms with Gasteiger partial charge >= 0.3 is 6.18 Å². The summed E-state index contributed by atoms with van der Waals surface area (Å²) in [6.45, 7) is 0.319. The van der Waals surface area contributed by atoms with Crippen LogP contribution in [-0.4, -0.2) is 29.7 Å². The van der Waals surface area contributed by atoms with Crippen molar-refractivity contribution in [2.24, 2.45) is 0 Å². The van der Waals surface area contributed by atoms with Crippen molar-refractivity contribution in [3.8, 4) is 0 Å². The molecule has 1 amide bonds. The first-order valence-corrected chi connectivity index (χ1v) is 9.00. The Balaban J connectivity index is 1.78. The molecule has 0 spiro atoms. The lowest BCUT2D eigenvalue weighted by atomic mass is 9.98. The minimum Gasteiger partial charge on any atom is -0.378 e. The largest absolute Gasteiger partial charge is 0.417 e. The lowest BCUT2D eigenvalue weighted by molar-refractivity contribution is -0.138. The second-order valence-corrected chi connectivity index (χ2v) is 6.75. The Labute approximate surface area is 154 Å². The molecular weight excluding hydrogens is 373 g/mol. The van der Waals surface area contributed by atoms with Gasteiger partial charge in [-0.25, -0.2) is 0 Å². The van der Waals surface area contributed by atoms with Gasteiger partial charge in [-0.3, -0.25) is 9.59 Å². The van der Waals surface area contributed by atoms with Gasteiger partial charge in [0.15, 0.2) is 0 Å². The lowest BCUT2D eigenvalue weighted by Gasteiger charge is -2.21. The molecule has 146 valence electrons. The van der Waals surface area contributed by atoms with Crippen LogP contribution in [0.15, 0.2) is 17.1 Å². The number of ether oxygens (including phenoxy) is 1. The number of amides is 1. The van der Waals surface area contributed by atoms with Crippen molar-refractivity contribution in [1.82, 2.24) is 9.88 Å². The normalized spacial score (nSPS) is 15.8. The van der Waals surface area contributed by atoms with Gasteiger partial charge in [0.25, 0.3) is 5.56 Å². The number of pyridine rings is 1. The molecule has 1 saturated carbocycles. The third-order valence-electron chi connectivity index (χ3n) is 4.23. The molecule has 1 N–H and O–H groups in total. The zero-order chi connectivity index (χ0) is 19.2. The Bertz CT molecular complexity index is 670.